The molecule has 1 N–H and O–H groups in total. The van der Waals surface area contributed by atoms with Gasteiger partial charge in [0.15, 0.2) is 5.16 Å². The van der Waals surface area contributed by atoms with Crippen molar-refractivity contribution in [3.8, 4) is 0 Å². The maximum Gasteiger partial charge on any atom is 0.275 e. The van der Waals surface area contributed by atoms with E-state index in [1.807, 2.05) is 38.1 Å². The van der Waals surface area contributed by atoms with Gasteiger partial charge in [-0.2, -0.15) is 0 Å². The summed E-state index contributed by atoms with van der Waals surface area (Å²) in [7, 11) is 0. The number of thioether (sulfide) groups is 1. The molecular weight excluding hydrogens is 338 g/mol. The Labute approximate surface area is 130 Å². The molecular formula is C14H14BrN3OS. The lowest BCUT2D eigenvalue weighted by Gasteiger charge is -2.09. The molecule has 0 radical (unpaired) electrons. The summed E-state index contributed by atoms with van der Waals surface area (Å²) in [6.07, 6.45) is 1.61. The second-order valence-electron chi connectivity index (χ2n) is 4.05. The highest BCUT2D eigenvalue weighted by Gasteiger charge is 2.14. The lowest BCUT2D eigenvalue weighted by atomic mass is 10.2. The quantitative estimate of drug-likeness (QED) is 0.670. The van der Waals surface area contributed by atoms with Gasteiger partial charge in [0.1, 0.15) is 5.69 Å². The Hall–Kier alpha value is -1.40. The number of hydrogen-bond acceptors (Lipinski definition) is 4. The fourth-order valence-corrected chi connectivity index (χ4v) is 2.52. The van der Waals surface area contributed by atoms with Crippen LogP contribution in [0.3, 0.4) is 0 Å². The third-order valence-electron chi connectivity index (χ3n) is 2.60. The van der Waals surface area contributed by atoms with Gasteiger partial charge in [0, 0.05) is 11.9 Å². The number of carbonyl (C=O) groups excluding carboxylic acids is 1. The van der Waals surface area contributed by atoms with Crippen LogP contribution in [0.2, 0.25) is 0 Å². The predicted molar refractivity (Wildman–Crippen MR) is 85.3 cm³/mol. The van der Waals surface area contributed by atoms with Gasteiger partial charge in [0.2, 0.25) is 0 Å². The molecule has 0 spiro atoms. The van der Waals surface area contributed by atoms with Gasteiger partial charge >= 0.3 is 0 Å². The van der Waals surface area contributed by atoms with E-state index in [4.69, 9.17) is 0 Å². The molecule has 20 heavy (non-hydrogen) atoms. The topological polar surface area (TPSA) is 54.9 Å². The lowest BCUT2D eigenvalue weighted by Crippen LogP contribution is -2.16. The molecule has 0 unspecified atom stereocenters. The minimum atomic E-state index is -0.244. The van der Waals surface area contributed by atoms with Crippen molar-refractivity contribution in [2.24, 2.45) is 0 Å². The summed E-state index contributed by atoms with van der Waals surface area (Å²) in [5.74, 6) is 0.618. The van der Waals surface area contributed by atoms with Crippen molar-refractivity contribution in [1.82, 2.24) is 9.97 Å². The van der Waals surface area contributed by atoms with Crippen LogP contribution in [0, 0.1) is 6.92 Å². The Bertz CT molecular complexity index is 634. The minimum absolute atomic E-state index is 0.244. The molecule has 2 rings (SSSR count). The molecule has 1 aromatic heterocycles. The van der Waals surface area contributed by atoms with Gasteiger partial charge in [-0.05, 0) is 40.2 Å². The van der Waals surface area contributed by atoms with Crippen LogP contribution in [0.15, 0.2) is 40.1 Å². The number of aryl methyl sites for hydroxylation is 1. The molecule has 1 aromatic carbocycles. The zero-order valence-electron chi connectivity index (χ0n) is 11.2. The van der Waals surface area contributed by atoms with Crippen LogP contribution in [0.5, 0.6) is 0 Å². The van der Waals surface area contributed by atoms with E-state index in [1.165, 1.54) is 11.8 Å². The molecule has 0 bridgehead atoms. The van der Waals surface area contributed by atoms with E-state index in [-0.39, 0.29) is 5.91 Å². The van der Waals surface area contributed by atoms with Gasteiger partial charge in [-0.25, -0.2) is 9.97 Å². The van der Waals surface area contributed by atoms with Crippen LogP contribution >= 0.6 is 27.7 Å². The van der Waals surface area contributed by atoms with Gasteiger partial charge in [0.25, 0.3) is 5.91 Å². The fourth-order valence-electron chi connectivity index (χ4n) is 1.60. The highest BCUT2D eigenvalue weighted by Crippen LogP contribution is 2.20. The van der Waals surface area contributed by atoms with Gasteiger partial charge in [-0.15, -0.1) is 0 Å². The number of halogens is 1. The summed E-state index contributed by atoms with van der Waals surface area (Å²) in [5.41, 5.74) is 2.14. The fraction of sp³-hybridized carbons (Fsp3) is 0.214. The second-order valence-corrected chi connectivity index (χ2v) is 6.14. The maximum atomic E-state index is 12.3. The van der Waals surface area contributed by atoms with Gasteiger partial charge in [-0.3, -0.25) is 4.79 Å². The van der Waals surface area contributed by atoms with Gasteiger partial charge in [0.05, 0.1) is 4.47 Å². The van der Waals surface area contributed by atoms with Crippen LogP contribution in [-0.4, -0.2) is 21.6 Å². The SMILES string of the molecule is CCSc1ncc(Br)c(C(=O)Nc2ccccc2C)n1. The van der Waals surface area contributed by atoms with Gasteiger partial charge in [-0.1, -0.05) is 36.9 Å². The number of nitrogens with one attached hydrogen (secondary N) is 1. The summed E-state index contributed by atoms with van der Waals surface area (Å²) in [6.45, 7) is 3.96. The Kier molecular flexibility index (Phi) is 5.14. The standard InChI is InChI=1S/C14H14BrN3OS/c1-3-20-14-16-8-10(15)12(18-14)13(19)17-11-7-5-4-6-9(11)2/h4-8H,3H2,1-2H3,(H,17,19). The van der Waals surface area contributed by atoms with Crippen LogP contribution < -0.4 is 5.32 Å². The van der Waals surface area contributed by atoms with Crippen molar-refractivity contribution in [2.75, 3.05) is 11.1 Å². The number of amides is 1. The largest absolute Gasteiger partial charge is 0.320 e. The minimum Gasteiger partial charge on any atom is -0.320 e. The molecule has 2 aromatic rings. The van der Waals surface area contributed by atoms with Crippen LogP contribution in [0.25, 0.3) is 0 Å². The first-order valence-electron chi connectivity index (χ1n) is 6.14. The zero-order chi connectivity index (χ0) is 14.5. The number of nitrogens with zero attached hydrogens (tertiary/aromatic N) is 2. The van der Waals surface area contributed by atoms with Crippen molar-refractivity contribution in [1.29, 1.82) is 0 Å². The van der Waals surface area contributed by atoms with E-state index in [0.717, 1.165) is 17.0 Å². The van der Waals surface area contributed by atoms with Crippen molar-refractivity contribution in [3.63, 3.8) is 0 Å². The average Bonchev–Trinajstić information content (AvgIpc) is 2.43. The molecule has 4 nitrogen and oxygen atoms in total. The van der Waals surface area contributed by atoms with Crippen LogP contribution in [0.1, 0.15) is 23.0 Å². The number of para-hydroxylation sites is 1. The van der Waals surface area contributed by atoms with E-state index < -0.39 is 0 Å². The van der Waals surface area contributed by atoms with Crippen molar-refractivity contribution < 1.29 is 4.79 Å². The Morgan fingerprint density at radius 2 is 2.15 bits per heavy atom. The average molecular weight is 352 g/mol. The number of carbonyl (C=O) groups is 1. The smallest absolute Gasteiger partial charge is 0.275 e. The van der Waals surface area contributed by atoms with E-state index >= 15 is 0 Å². The van der Waals surface area contributed by atoms with Crippen molar-refractivity contribution in [2.45, 2.75) is 19.0 Å². The molecule has 0 saturated carbocycles. The highest BCUT2D eigenvalue weighted by molar-refractivity contribution is 9.10. The molecule has 0 saturated heterocycles. The van der Waals surface area contributed by atoms with E-state index in [1.54, 1.807) is 6.20 Å². The number of anilines is 1. The molecule has 1 amide bonds. The Morgan fingerprint density at radius 3 is 2.85 bits per heavy atom. The summed E-state index contributed by atoms with van der Waals surface area (Å²) in [5, 5.41) is 3.47. The highest BCUT2D eigenvalue weighted by atomic mass is 79.9. The number of benzene rings is 1. The first-order valence-corrected chi connectivity index (χ1v) is 7.92. The lowest BCUT2D eigenvalue weighted by molar-refractivity contribution is 0.102. The summed E-state index contributed by atoms with van der Waals surface area (Å²) in [6, 6.07) is 7.63. The van der Waals surface area contributed by atoms with Crippen molar-refractivity contribution >= 4 is 39.3 Å². The molecule has 0 fully saturated rings. The number of aromatic nitrogens is 2. The number of hydrogen-bond donors (Lipinski definition) is 1. The van der Waals surface area contributed by atoms with Crippen molar-refractivity contribution in [3.05, 3.63) is 46.2 Å². The van der Waals surface area contributed by atoms with Gasteiger partial charge < -0.3 is 5.32 Å². The van der Waals surface area contributed by atoms with Crippen LogP contribution in [0.4, 0.5) is 5.69 Å². The van der Waals surface area contributed by atoms with E-state index in [9.17, 15) is 4.79 Å². The number of rotatable bonds is 4. The van der Waals surface area contributed by atoms with E-state index in [2.05, 4.69) is 31.2 Å². The molecule has 0 aliphatic carbocycles. The monoisotopic (exact) mass is 351 g/mol. The third-order valence-corrected chi connectivity index (χ3v) is 3.93. The summed E-state index contributed by atoms with van der Waals surface area (Å²) >= 11 is 4.82. The molecule has 6 heteroatoms. The Balaban J connectivity index is 2.25. The first kappa shape index (κ1) is 15.0. The normalized spacial score (nSPS) is 10.3. The molecule has 1 heterocycles. The summed E-state index contributed by atoms with van der Waals surface area (Å²) < 4.78 is 0.587. The molecule has 0 atom stereocenters. The maximum absolute atomic E-state index is 12.3. The molecule has 0 aliphatic rings. The molecule has 0 aliphatic heterocycles. The predicted octanol–water partition coefficient (Wildman–Crippen LogP) is 3.91. The van der Waals surface area contributed by atoms with E-state index in [0.29, 0.717) is 15.3 Å². The summed E-state index contributed by atoms with van der Waals surface area (Å²) in [4.78, 5) is 20.7. The zero-order valence-corrected chi connectivity index (χ0v) is 13.6. The second kappa shape index (κ2) is 6.85. The Morgan fingerprint density at radius 1 is 1.40 bits per heavy atom. The van der Waals surface area contributed by atoms with Crippen LogP contribution in [-0.2, 0) is 0 Å². The molecule has 104 valence electrons. The third kappa shape index (κ3) is 3.58. The first-order chi connectivity index (χ1) is 9.61.